The second kappa shape index (κ2) is 4.64. The number of carbonyl (C=O) groups is 2. The van der Waals surface area contributed by atoms with Gasteiger partial charge in [-0.2, -0.15) is 0 Å². The van der Waals surface area contributed by atoms with Gasteiger partial charge in [-0.05, 0) is 30.7 Å². The largest absolute Gasteiger partial charge is 0.481 e. The lowest BCUT2D eigenvalue weighted by Crippen LogP contribution is -2.54. The van der Waals surface area contributed by atoms with E-state index in [0.717, 1.165) is 0 Å². The monoisotopic (exact) mass is 252 g/mol. The number of hydrogen-bond donors (Lipinski definition) is 2. The molecule has 96 valence electrons. The van der Waals surface area contributed by atoms with Crippen molar-refractivity contribution in [3.8, 4) is 0 Å². The molecule has 0 spiro atoms. The number of nitrogens with one attached hydrogen (secondary N) is 1. The Morgan fingerprint density at radius 3 is 2.61 bits per heavy atom. The number of anilines is 1. The highest BCUT2D eigenvalue weighted by atomic mass is 19.1. The molecular weight excluding hydrogens is 239 g/mol. The summed E-state index contributed by atoms with van der Waals surface area (Å²) < 4.78 is 13.1. The van der Waals surface area contributed by atoms with E-state index < -0.39 is 23.7 Å². The number of carbonyl (C=O) groups excluding carboxylic acids is 1. The second-order valence-electron chi connectivity index (χ2n) is 4.39. The summed E-state index contributed by atoms with van der Waals surface area (Å²) in [5.74, 6) is -1.82. The van der Waals surface area contributed by atoms with E-state index in [-0.39, 0.29) is 13.1 Å². The number of amides is 2. The van der Waals surface area contributed by atoms with Crippen LogP contribution >= 0.6 is 0 Å². The van der Waals surface area contributed by atoms with Gasteiger partial charge >= 0.3 is 12.0 Å². The fourth-order valence-corrected chi connectivity index (χ4v) is 1.81. The number of nitrogens with zero attached hydrogens (tertiary/aromatic N) is 1. The average Bonchev–Trinajstić information content (AvgIpc) is 2.11. The van der Waals surface area contributed by atoms with Crippen molar-refractivity contribution < 1.29 is 19.1 Å². The van der Waals surface area contributed by atoms with Gasteiger partial charge < -0.3 is 15.3 Å². The maximum atomic E-state index is 13.1. The van der Waals surface area contributed by atoms with Crippen molar-refractivity contribution in [2.45, 2.75) is 6.92 Å². The maximum Gasteiger partial charge on any atom is 0.321 e. The summed E-state index contributed by atoms with van der Waals surface area (Å²) in [6.07, 6.45) is 0. The van der Waals surface area contributed by atoms with Gasteiger partial charge in [0.1, 0.15) is 5.82 Å². The molecule has 0 radical (unpaired) electrons. The molecule has 0 aliphatic carbocycles. The van der Waals surface area contributed by atoms with E-state index in [4.69, 9.17) is 5.11 Å². The first-order valence-electron chi connectivity index (χ1n) is 5.51. The predicted molar refractivity (Wildman–Crippen MR) is 62.9 cm³/mol. The number of carboxylic acid groups (broad SMARTS) is 1. The molecule has 2 rings (SSSR count). The van der Waals surface area contributed by atoms with Crippen LogP contribution < -0.4 is 5.32 Å². The molecule has 0 atom stereocenters. The summed E-state index contributed by atoms with van der Waals surface area (Å²) in [6.45, 7) is 2.10. The van der Waals surface area contributed by atoms with E-state index in [1.807, 2.05) is 0 Å². The van der Waals surface area contributed by atoms with Crippen LogP contribution in [0.5, 0.6) is 0 Å². The molecule has 1 heterocycles. The van der Waals surface area contributed by atoms with Crippen molar-refractivity contribution in [1.82, 2.24) is 4.90 Å². The summed E-state index contributed by atoms with van der Waals surface area (Å²) in [5.41, 5.74) is 1.08. The third-order valence-corrected chi connectivity index (χ3v) is 2.81. The number of benzene rings is 1. The summed E-state index contributed by atoms with van der Waals surface area (Å²) >= 11 is 0. The van der Waals surface area contributed by atoms with Gasteiger partial charge in [0.15, 0.2) is 0 Å². The lowest BCUT2D eigenvalue weighted by Gasteiger charge is -2.36. The fourth-order valence-electron chi connectivity index (χ4n) is 1.81. The van der Waals surface area contributed by atoms with Gasteiger partial charge in [-0.15, -0.1) is 0 Å². The summed E-state index contributed by atoms with van der Waals surface area (Å²) in [4.78, 5) is 23.6. The first kappa shape index (κ1) is 12.3. The number of rotatable bonds is 2. The Morgan fingerprint density at radius 2 is 2.06 bits per heavy atom. The second-order valence-corrected chi connectivity index (χ2v) is 4.39. The third kappa shape index (κ3) is 2.58. The standard InChI is InChI=1S/C12H13FN2O3/c1-7-2-9(13)4-10(3-7)14-12(18)15-5-8(6-15)11(16)17/h2-4,8H,5-6H2,1H3,(H,14,18)(H,16,17). The summed E-state index contributed by atoms with van der Waals surface area (Å²) in [5, 5.41) is 11.2. The van der Waals surface area contributed by atoms with Gasteiger partial charge in [0.05, 0.1) is 5.92 Å². The minimum absolute atomic E-state index is 0.190. The molecular formula is C12H13FN2O3. The van der Waals surface area contributed by atoms with Crippen LogP contribution in [0.25, 0.3) is 0 Å². The lowest BCUT2D eigenvalue weighted by atomic mass is 10.0. The molecule has 1 saturated heterocycles. The number of urea groups is 1. The minimum Gasteiger partial charge on any atom is -0.481 e. The number of aliphatic carboxylic acids is 1. The summed E-state index contributed by atoms with van der Waals surface area (Å²) in [7, 11) is 0. The zero-order valence-corrected chi connectivity index (χ0v) is 9.81. The molecule has 0 saturated carbocycles. The van der Waals surface area contributed by atoms with Crippen molar-refractivity contribution in [1.29, 1.82) is 0 Å². The molecule has 5 nitrogen and oxygen atoms in total. The number of hydrogen-bond acceptors (Lipinski definition) is 2. The van der Waals surface area contributed by atoms with Gasteiger partial charge in [-0.25, -0.2) is 9.18 Å². The topological polar surface area (TPSA) is 69.6 Å². The van der Waals surface area contributed by atoms with Crippen molar-refractivity contribution in [2.24, 2.45) is 5.92 Å². The molecule has 1 fully saturated rings. The van der Waals surface area contributed by atoms with Crippen molar-refractivity contribution >= 4 is 17.7 Å². The molecule has 6 heteroatoms. The molecule has 0 aromatic heterocycles. The van der Waals surface area contributed by atoms with Gasteiger partial charge in [0.25, 0.3) is 0 Å². The molecule has 2 amide bonds. The Morgan fingerprint density at radius 1 is 1.39 bits per heavy atom. The number of aryl methyl sites for hydroxylation is 1. The normalized spacial score (nSPS) is 15.1. The molecule has 1 aromatic carbocycles. The van der Waals surface area contributed by atoms with Gasteiger partial charge in [0.2, 0.25) is 0 Å². The Labute approximate surface area is 103 Å². The molecule has 1 aliphatic rings. The Kier molecular flexibility index (Phi) is 3.18. The predicted octanol–water partition coefficient (Wildman–Crippen LogP) is 1.68. The van der Waals surface area contributed by atoms with E-state index in [2.05, 4.69) is 5.32 Å². The quantitative estimate of drug-likeness (QED) is 0.841. The number of halogens is 1. The van der Waals surface area contributed by atoms with Crippen LogP contribution in [0, 0.1) is 18.7 Å². The Hall–Kier alpha value is -2.11. The highest BCUT2D eigenvalue weighted by Gasteiger charge is 2.35. The number of carboxylic acids is 1. The Balaban J connectivity index is 1.94. The first-order chi connectivity index (χ1) is 8.45. The SMILES string of the molecule is Cc1cc(F)cc(NC(=O)N2CC(C(=O)O)C2)c1. The minimum atomic E-state index is -0.902. The van der Waals surface area contributed by atoms with Crippen LogP contribution in [0.3, 0.4) is 0 Å². The van der Waals surface area contributed by atoms with Crippen LogP contribution in [0.4, 0.5) is 14.9 Å². The van der Waals surface area contributed by atoms with Crippen molar-refractivity contribution in [2.75, 3.05) is 18.4 Å². The molecule has 2 N–H and O–H groups in total. The van der Waals surface area contributed by atoms with Gasteiger partial charge in [0, 0.05) is 18.8 Å². The van der Waals surface area contributed by atoms with E-state index in [9.17, 15) is 14.0 Å². The zero-order valence-electron chi connectivity index (χ0n) is 9.81. The smallest absolute Gasteiger partial charge is 0.321 e. The molecule has 0 bridgehead atoms. The molecule has 18 heavy (non-hydrogen) atoms. The fraction of sp³-hybridized carbons (Fsp3) is 0.333. The average molecular weight is 252 g/mol. The van der Waals surface area contributed by atoms with E-state index >= 15 is 0 Å². The third-order valence-electron chi connectivity index (χ3n) is 2.81. The van der Waals surface area contributed by atoms with Crippen LogP contribution in [-0.4, -0.2) is 35.1 Å². The van der Waals surface area contributed by atoms with Crippen LogP contribution in [0.15, 0.2) is 18.2 Å². The van der Waals surface area contributed by atoms with Crippen LogP contribution in [0.1, 0.15) is 5.56 Å². The Bertz CT molecular complexity index is 478. The molecule has 1 aromatic rings. The van der Waals surface area contributed by atoms with Gasteiger partial charge in [-0.3, -0.25) is 4.79 Å². The van der Waals surface area contributed by atoms with Crippen molar-refractivity contribution in [3.63, 3.8) is 0 Å². The van der Waals surface area contributed by atoms with E-state index in [1.54, 1.807) is 13.0 Å². The summed E-state index contributed by atoms with van der Waals surface area (Å²) in [6, 6.07) is 3.83. The first-order valence-corrected chi connectivity index (χ1v) is 5.51. The van der Waals surface area contributed by atoms with E-state index in [1.165, 1.54) is 17.0 Å². The zero-order chi connectivity index (χ0) is 13.3. The van der Waals surface area contributed by atoms with Crippen molar-refractivity contribution in [3.05, 3.63) is 29.6 Å². The van der Waals surface area contributed by atoms with Crippen LogP contribution in [-0.2, 0) is 4.79 Å². The molecule has 0 unspecified atom stereocenters. The van der Waals surface area contributed by atoms with E-state index in [0.29, 0.717) is 11.3 Å². The maximum absolute atomic E-state index is 13.1. The number of likely N-dealkylation sites (tertiary alicyclic amines) is 1. The lowest BCUT2D eigenvalue weighted by molar-refractivity contribution is -0.145. The van der Waals surface area contributed by atoms with Crippen LogP contribution in [0.2, 0.25) is 0 Å². The molecule has 1 aliphatic heterocycles. The highest BCUT2D eigenvalue weighted by Crippen LogP contribution is 2.19. The highest BCUT2D eigenvalue weighted by molar-refractivity contribution is 5.91. The van der Waals surface area contributed by atoms with Gasteiger partial charge in [-0.1, -0.05) is 0 Å².